The highest BCUT2D eigenvalue weighted by atomic mass is 19.3. The second kappa shape index (κ2) is 4.00. The van der Waals surface area contributed by atoms with Crippen molar-refractivity contribution in [3.8, 4) is 0 Å². The summed E-state index contributed by atoms with van der Waals surface area (Å²) in [7, 11) is 0. The number of alkyl halides is 2. The Kier molecular flexibility index (Phi) is 3.16. The van der Waals surface area contributed by atoms with Gasteiger partial charge in [-0.1, -0.05) is 18.2 Å². The smallest absolute Gasteiger partial charge is 0.271 e. The Morgan fingerprint density at radius 1 is 1.36 bits per heavy atom. The van der Waals surface area contributed by atoms with Crippen LogP contribution in [0, 0.1) is 5.82 Å². The molecule has 0 bridgehead atoms. The maximum absolute atomic E-state index is 13.0. The molecule has 0 amide bonds. The minimum Gasteiger partial charge on any atom is -0.387 e. The van der Waals surface area contributed by atoms with Crippen molar-refractivity contribution in [1.82, 2.24) is 0 Å². The fourth-order valence-electron chi connectivity index (χ4n) is 1.05. The quantitative estimate of drug-likeness (QED) is 0.801. The molecule has 1 N–H and O–H groups in total. The molecule has 78 valence electrons. The Bertz CT molecular complexity index is 306. The van der Waals surface area contributed by atoms with Gasteiger partial charge in [0.15, 0.2) is 0 Å². The fraction of sp³-hybridized carbons (Fsp3) is 0.400. The average molecular weight is 204 g/mol. The Hall–Kier alpha value is -1.03. The summed E-state index contributed by atoms with van der Waals surface area (Å²) in [5.74, 6) is -3.78. The molecule has 1 aromatic carbocycles. The summed E-state index contributed by atoms with van der Waals surface area (Å²) in [6.07, 6.45) is -2.23. The van der Waals surface area contributed by atoms with Crippen molar-refractivity contribution in [2.24, 2.45) is 0 Å². The van der Waals surface area contributed by atoms with E-state index in [9.17, 15) is 13.2 Å². The third-order valence-electron chi connectivity index (χ3n) is 1.96. The maximum Gasteiger partial charge on any atom is 0.271 e. The van der Waals surface area contributed by atoms with Crippen LogP contribution in [-0.4, -0.2) is 17.1 Å². The van der Waals surface area contributed by atoms with Gasteiger partial charge in [-0.05, 0) is 11.6 Å². The van der Waals surface area contributed by atoms with Crippen LogP contribution in [0.25, 0.3) is 0 Å². The number of aliphatic hydroxyl groups is 1. The Labute approximate surface area is 80.2 Å². The van der Waals surface area contributed by atoms with Crippen molar-refractivity contribution >= 4 is 0 Å². The van der Waals surface area contributed by atoms with Crippen LogP contribution < -0.4 is 0 Å². The van der Waals surface area contributed by atoms with Gasteiger partial charge in [0.1, 0.15) is 11.9 Å². The van der Waals surface area contributed by atoms with Crippen LogP contribution in [0.5, 0.6) is 0 Å². The van der Waals surface area contributed by atoms with Gasteiger partial charge >= 0.3 is 0 Å². The van der Waals surface area contributed by atoms with Gasteiger partial charge < -0.3 is 5.11 Å². The second-order valence-electron chi connectivity index (χ2n) is 3.27. The largest absolute Gasteiger partial charge is 0.387 e. The summed E-state index contributed by atoms with van der Waals surface area (Å²) in [6, 6.07) is 5.56. The lowest BCUT2D eigenvalue weighted by molar-refractivity contribution is -0.0923. The zero-order valence-corrected chi connectivity index (χ0v) is 7.67. The van der Waals surface area contributed by atoms with Gasteiger partial charge in [0, 0.05) is 13.3 Å². The third-order valence-corrected chi connectivity index (χ3v) is 1.96. The first-order valence-electron chi connectivity index (χ1n) is 4.20. The molecule has 0 aromatic heterocycles. The predicted molar refractivity (Wildman–Crippen MR) is 46.7 cm³/mol. The molecule has 1 unspecified atom stereocenters. The van der Waals surface area contributed by atoms with Gasteiger partial charge in [-0.25, -0.2) is 13.2 Å². The van der Waals surface area contributed by atoms with E-state index in [1.807, 2.05) is 0 Å². The van der Waals surface area contributed by atoms with Crippen molar-refractivity contribution in [2.75, 3.05) is 0 Å². The highest BCUT2D eigenvalue weighted by Gasteiger charge is 2.32. The molecule has 0 aliphatic rings. The molecule has 1 rings (SSSR count). The molecule has 1 atom stereocenters. The van der Waals surface area contributed by atoms with E-state index in [1.54, 1.807) is 6.07 Å². The monoisotopic (exact) mass is 204 g/mol. The number of benzene rings is 1. The number of halogens is 3. The molecule has 0 saturated carbocycles. The van der Waals surface area contributed by atoms with Crippen molar-refractivity contribution in [3.63, 3.8) is 0 Å². The SMILES string of the molecule is CC(F)(F)C(O)Cc1ccccc1F. The summed E-state index contributed by atoms with van der Waals surface area (Å²) in [5.41, 5.74) is 0.0986. The van der Waals surface area contributed by atoms with Crippen LogP contribution in [0.4, 0.5) is 13.2 Å². The van der Waals surface area contributed by atoms with Gasteiger partial charge in [-0.2, -0.15) is 0 Å². The van der Waals surface area contributed by atoms with Gasteiger partial charge in [0.2, 0.25) is 0 Å². The first kappa shape index (κ1) is 11.0. The zero-order valence-electron chi connectivity index (χ0n) is 7.67. The summed E-state index contributed by atoms with van der Waals surface area (Å²) < 4.78 is 38.1. The van der Waals surface area contributed by atoms with Crippen LogP contribution in [0.3, 0.4) is 0 Å². The van der Waals surface area contributed by atoms with E-state index in [0.717, 1.165) is 0 Å². The topological polar surface area (TPSA) is 20.2 Å². The third kappa shape index (κ3) is 2.73. The predicted octanol–water partition coefficient (Wildman–Crippen LogP) is 2.38. The molecule has 0 spiro atoms. The fourth-order valence-corrected chi connectivity index (χ4v) is 1.05. The van der Waals surface area contributed by atoms with Crippen LogP contribution in [0.2, 0.25) is 0 Å². The van der Waals surface area contributed by atoms with Gasteiger partial charge in [0.05, 0.1) is 0 Å². The van der Waals surface area contributed by atoms with Gasteiger partial charge in [-0.15, -0.1) is 0 Å². The molecule has 0 radical (unpaired) electrons. The van der Waals surface area contributed by atoms with Gasteiger partial charge in [-0.3, -0.25) is 0 Å². The molecule has 14 heavy (non-hydrogen) atoms. The molecule has 1 aromatic rings. The number of rotatable bonds is 3. The molecular weight excluding hydrogens is 193 g/mol. The maximum atomic E-state index is 13.0. The lowest BCUT2D eigenvalue weighted by Crippen LogP contribution is -2.32. The minimum absolute atomic E-state index is 0.0986. The Morgan fingerprint density at radius 2 is 1.93 bits per heavy atom. The molecular formula is C10H11F3O. The van der Waals surface area contributed by atoms with E-state index in [4.69, 9.17) is 5.11 Å². The van der Waals surface area contributed by atoms with E-state index in [1.165, 1.54) is 18.2 Å². The molecule has 0 aliphatic carbocycles. The highest BCUT2D eigenvalue weighted by molar-refractivity contribution is 5.18. The number of hydrogen-bond acceptors (Lipinski definition) is 1. The van der Waals surface area contributed by atoms with Crippen LogP contribution >= 0.6 is 0 Å². The normalized spacial score (nSPS) is 14.1. The molecule has 0 aliphatic heterocycles. The van der Waals surface area contributed by atoms with E-state index in [0.29, 0.717) is 6.92 Å². The van der Waals surface area contributed by atoms with E-state index >= 15 is 0 Å². The minimum atomic E-state index is -3.21. The number of aliphatic hydroxyl groups excluding tert-OH is 1. The van der Waals surface area contributed by atoms with Crippen molar-refractivity contribution in [1.29, 1.82) is 0 Å². The summed E-state index contributed by atoms with van der Waals surface area (Å²) in [5, 5.41) is 9.05. The number of hydrogen-bond donors (Lipinski definition) is 1. The molecule has 4 heteroatoms. The first-order chi connectivity index (χ1) is 6.41. The van der Waals surface area contributed by atoms with E-state index in [2.05, 4.69) is 0 Å². The van der Waals surface area contributed by atoms with Crippen molar-refractivity contribution < 1.29 is 18.3 Å². The first-order valence-corrected chi connectivity index (χ1v) is 4.20. The van der Waals surface area contributed by atoms with Crippen LogP contribution in [0.15, 0.2) is 24.3 Å². The Morgan fingerprint density at radius 3 is 2.43 bits per heavy atom. The summed E-state index contributed by atoms with van der Waals surface area (Å²) in [6.45, 7) is 0.610. The standard InChI is InChI=1S/C10H11F3O/c1-10(12,13)9(14)6-7-4-2-3-5-8(7)11/h2-5,9,14H,6H2,1H3. The zero-order chi connectivity index (χ0) is 10.8. The van der Waals surface area contributed by atoms with Crippen molar-refractivity contribution in [3.05, 3.63) is 35.6 Å². The highest BCUT2D eigenvalue weighted by Crippen LogP contribution is 2.21. The van der Waals surface area contributed by atoms with Gasteiger partial charge in [0.25, 0.3) is 5.92 Å². The summed E-state index contributed by atoms with van der Waals surface area (Å²) >= 11 is 0. The lowest BCUT2D eigenvalue weighted by Gasteiger charge is -2.18. The molecule has 1 nitrogen and oxygen atoms in total. The van der Waals surface area contributed by atoms with Crippen LogP contribution in [0.1, 0.15) is 12.5 Å². The van der Waals surface area contributed by atoms with E-state index in [-0.39, 0.29) is 12.0 Å². The average Bonchev–Trinajstić information content (AvgIpc) is 2.07. The van der Waals surface area contributed by atoms with E-state index < -0.39 is 17.8 Å². The second-order valence-corrected chi connectivity index (χ2v) is 3.27. The molecule has 0 fully saturated rings. The molecule has 0 heterocycles. The summed E-state index contributed by atoms with van der Waals surface area (Å²) in [4.78, 5) is 0. The van der Waals surface area contributed by atoms with Crippen LogP contribution in [-0.2, 0) is 6.42 Å². The Balaban J connectivity index is 2.75. The molecule has 0 saturated heterocycles. The van der Waals surface area contributed by atoms with Crippen molar-refractivity contribution in [2.45, 2.75) is 25.4 Å². The lowest BCUT2D eigenvalue weighted by atomic mass is 10.0.